The Morgan fingerprint density at radius 1 is 1.27 bits per heavy atom. The number of hydrogen-bond donors (Lipinski definition) is 2. The van der Waals surface area contributed by atoms with E-state index in [9.17, 15) is 19.2 Å². The highest BCUT2D eigenvalue weighted by Gasteiger charge is 2.52. The normalized spacial score (nSPS) is 20.4. The number of carbonyl (C=O) groups excluding carboxylic acids is 4. The molecule has 0 atom stereocenters. The molecule has 9 nitrogen and oxygen atoms in total. The van der Waals surface area contributed by atoms with Gasteiger partial charge in [0.2, 0.25) is 11.8 Å². The molecule has 2 N–H and O–H groups in total. The second-order valence-corrected chi connectivity index (χ2v) is 8.41. The van der Waals surface area contributed by atoms with Crippen molar-refractivity contribution in [1.82, 2.24) is 25.4 Å². The molecule has 1 aromatic heterocycles. The molecule has 0 unspecified atom stereocenters. The topological polar surface area (TPSA) is 112 Å². The van der Waals surface area contributed by atoms with Crippen molar-refractivity contribution in [3.63, 3.8) is 0 Å². The lowest BCUT2D eigenvalue weighted by Gasteiger charge is -2.38. The van der Waals surface area contributed by atoms with Gasteiger partial charge in [-0.3, -0.25) is 24.3 Å². The number of pyridine rings is 1. The molecule has 0 bridgehead atoms. The van der Waals surface area contributed by atoms with Gasteiger partial charge in [0.1, 0.15) is 5.54 Å². The summed E-state index contributed by atoms with van der Waals surface area (Å²) in [7, 11) is 0. The first-order chi connectivity index (χ1) is 14.4. The molecule has 9 heteroatoms. The second-order valence-electron chi connectivity index (χ2n) is 8.41. The SMILES string of the molecule is Cc1cccnc1CNC(=O)C1CN(C(=O)CCN2C(=O)NC3(CCCC3)C2=O)C1. The summed E-state index contributed by atoms with van der Waals surface area (Å²) in [6.45, 7) is 3.10. The summed E-state index contributed by atoms with van der Waals surface area (Å²) in [4.78, 5) is 56.5. The zero-order valence-electron chi connectivity index (χ0n) is 17.1. The fourth-order valence-electron chi connectivity index (χ4n) is 4.43. The first-order valence-corrected chi connectivity index (χ1v) is 10.5. The average Bonchev–Trinajstić information content (AvgIpc) is 3.24. The number of nitrogens with one attached hydrogen (secondary N) is 2. The Labute approximate surface area is 175 Å². The maximum atomic E-state index is 12.6. The zero-order chi connectivity index (χ0) is 21.3. The van der Waals surface area contributed by atoms with E-state index in [1.807, 2.05) is 19.1 Å². The molecule has 2 aliphatic heterocycles. The van der Waals surface area contributed by atoms with Gasteiger partial charge in [0, 0.05) is 32.3 Å². The van der Waals surface area contributed by atoms with Gasteiger partial charge in [-0.1, -0.05) is 18.9 Å². The number of aromatic nitrogens is 1. The lowest BCUT2D eigenvalue weighted by molar-refractivity contribution is -0.143. The van der Waals surface area contributed by atoms with Crippen molar-refractivity contribution >= 4 is 23.8 Å². The van der Waals surface area contributed by atoms with Crippen LogP contribution in [0.5, 0.6) is 0 Å². The molecular formula is C21H27N5O4. The minimum absolute atomic E-state index is 0.0801. The van der Waals surface area contributed by atoms with Crippen LogP contribution in [0.15, 0.2) is 18.3 Å². The van der Waals surface area contributed by atoms with E-state index in [2.05, 4.69) is 15.6 Å². The number of nitrogens with zero attached hydrogens (tertiary/aromatic N) is 3. The van der Waals surface area contributed by atoms with Crippen molar-refractivity contribution < 1.29 is 19.2 Å². The molecule has 0 aromatic carbocycles. The van der Waals surface area contributed by atoms with Crippen LogP contribution in [-0.2, 0) is 20.9 Å². The van der Waals surface area contributed by atoms with E-state index < -0.39 is 11.6 Å². The van der Waals surface area contributed by atoms with E-state index in [0.29, 0.717) is 32.5 Å². The van der Waals surface area contributed by atoms with Crippen molar-refractivity contribution in [1.29, 1.82) is 0 Å². The molecule has 3 aliphatic rings. The third-order valence-electron chi connectivity index (χ3n) is 6.41. The number of imide groups is 1. The van der Waals surface area contributed by atoms with Crippen molar-refractivity contribution in [3.05, 3.63) is 29.6 Å². The monoisotopic (exact) mass is 413 g/mol. The van der Waals surface area contributed by atoms with Crippen molar-refractivity contribution in [2.75, 3.05) is 19.6 Å². The van der Waals surface area contributed by atoms with Gasteiger partial charge in [0.25, 0.3) is 5.91 Å². The maximum absolute atomic E-state index is 12.6. The quantitative estimate of drug-likeness (QED) is 0.668. The molecule has 1 spiro atoms. The smallest absolute Gasteiger partial charge is 0.325 e. The third-order valence-corrected chi connectivity index (χ3v) is 6.41. The molecule has 4 rings (SSSR count). The first kappa shape index (κ1) is 20.3. The average molecular weight is 413 g/mol. The molecule has 30 heavy (non-hydrogen) atoms. The Bertz CT molecular complexity index is 874. The largest absolute Gasteiger partial charge is 0.350 e. The van der Waals surface area contributed by atoms with Gasteiger partial charge in [-0.25, -0.2) is 4.79 Å². The Kier molecular flexibility index (Phi) is 5.44. The fraction of sp³-hybridized carbons (Fsp3) is 0.571. The molecule has 5 amide bonds. The Morgan fingerprint density at radius 3 is 2.70 bits per heavy atom. The van der Waals surface area contributed by atoms with Crippen LogP contribution in [0.4, 0.5) is 4.79 Å². The Hall–Kier alpha value is -2.97. The van der Waals surface area contributed by atoms with Crippen LogP contribution in [0.2, 0.25) is 0 Å². The molecule has 160 valence electrons. The van der Waals surface area contributed by atoms with Crippen LogP contribution >= 0.6 is 0 Å². The predicted molar refractivity (Wildman–Crippen MR) is 107 cm³/mol. The van der Waals surface area contributed by atoms with Gasteiger partial charge in [-0.05, 0) is 31.4 Å². The highest BCUT2D eigenvalue weighted by atomic mass is 16.2. The summed E-state index contributed by atoms with van der Waals surface area (Å²) in [6.07, 6.45) is 4.96. The van der Waals surface area contributed by atoms with E-state index in [-0.39, 0.29) is 36.6 Å². The van der Waals surface area contributed by atoms with E-state index >= 15 is 0 Å². The number of hydrogen-bond acceptors (Lipinski definition) is 5. The number of likely N-dealkylation sites (tertiary alicyclic amines) is 1. The van der Waals surface area contributed by atoms with Gasteiger partial charge < -0.3 is 15.5 Å². The maximum Gasteiger partial charge on any atom is 0.325 e. The van der Waals surface area contributed by atoms with Gasteiger partial charge in [0.05, 0.1) is 18.2 Å². The highest BCUT2D eigenvalue weighted by molar-refractivity contribution is 6.07. The number of amides is 5. The molecule has 3 heterocycles. The number of aryl methyl sites for hydroxylation is 1. The van der Waals surface area contributed by atoms with E-state index in [0.717, 1.165) is 24.1 Å². The number of rotatable bonds is 6. The van der Waals surface area contributed by atoms with E-state index in [1.165, 1.54) is 4.90 Å². The number of carbonyl (C=O) groups is 4. The molecule has 1 aromatic rings. The van der Waals surface area contributed by atoms with E-state index in [1.54, 1.807) is 11.1 Å². The molecule has 2 saturated heterocycles. The molecule has 0 radical (unpaired) electrons. The van der Waals surface area contributed by atoms with Gasteiger partial charge in [-0.15, -0.1) is 0 Å². The van der Waals surface area contributed by atoms with Crippen LogP contribution in [-0.4, -0.2) is 63.7 Å². The summed E-state index contributed by atoms with van der Waals surface area (Å²) >= 11 is 0. The van der Waals surface area contributed by atoms with Crippen LogP contribution in [0.1, 0.15) is 43.4 Å². The summed E-state index contributed by atoms with van der Waals surface area (Å²) < 4.78 is 0. The molecule has 1 aliphatic carbocycles. The summed E-state index contributed by atoms with van der Waals surface area (Å²) in [6, 6.07) is 3.39. The van der Waals surface area contributed by atoms with Crippen LogP contribution in [0.3, 0.4) is 0 Å². The summed E-state index contributed by atoms with van der Waals surface area (Å²) in [5.74, 6) is -0.686. The van der Waals surface area contributed by atoms with Crippen LogP contribution in [0, 0.1) is 12.8 Å². The Morgan fingerprint density at radius 2 is 2.00 bits per heavy atom. The highest BCUT2D eigenvalue weighted by Crippen LogP contribution is 2.35. The van der Waals surface area contributed by atoms with Gasteiger partial charge >= 0.3 is 6.03 Å². The molecular weight excluding hydrogens is 386 g/mol. The van der Waals surface area contributed by atoms with Crippen molar-refractivity contribution in [2.45, 2.75) is 51.1 Å². The lowest BCUT2D eigenvalue weighted by atomic mass is 9.97. The fourth-order valence-corrected chi connectivity index (χ4v) is 4.43. The first-order valence-electron chi connectivity index (χ1n) is 10.5. The molecule has 1 saturated carbocycles. The lowest BCUT2D eigenvalue weighted by Crippen LogP contribution is -2.56. The van der Waals surface area contributed by atoms with Crippen LogP contribution < -0.4 is 10.6 Å². The standard InChI is InChI=1S/C21H27N5O4/c1-14-5-4-9-22-16(14)11-23-18(28)15-12-25(13-15)17(27)6-10-26-19(29)21(24-20(26)30)7-2-3-8-21/h4-5,9,15H,2-3,6-8,10-13H2,1H3,(H,23,28)(H,24,30). The van der Waals surface area contributed by atoms with Crippen molar-refractivity contribution in [3.8, 4) is 0 Å². The molecule has 3 fully saturated rings. The zero-order valence-corrected chi connectivity index (χ0v) is 17.1. The van der Waals surface area contributed by atoms with Gasteiger partial charge in [-0.2, -0.15) is 0 Å². The predicted octanol–water partition coefficient (Wildman–Crippen LogP) is 0.719. The third kappa shape index (κ3) is 3.76. The van der Waals surface area contributed by atoms with E-state index in [4.69, 9.17) is 0 Å². The van der Waals surface area contributed by atoms with Crippen molar-refractivity contribution in [2.24, 2.45) is 5.92 Å². The second kappa shape index (κ2) is 8.04. The van der Waals surface area contributed by atoms with Gasteiger partial charge in [0.15, 0.2) is 0 Å². The minimum atomic E-state index is -0.744. The summed E-state index contributed by atoms with van der Waals surface area (Å²) in [5.41, 5.74) is 1.10. The summed E-state index contributed by atoms with van der Waals surface area (Å²) in [5, 5.41) is 5.69. The Balaban J connectivity index is 1.20. The number of urea groups is 1. The van der Waals surface area contributed by atoms with Crippen LogP contribution in [0.25, 0.3) is 0 Å². The minimum Gasteiger partial charge on any atom is -0.350 e.